The summed E-state index contributed by atoms with van der Waals surface area (Å²) >= 11 is 1.76. The molecule has 21 heavy (non-hydrogen) atoms. The molecule has 0 unspecified atom stereocenters. The van der Waals surface area contributed by atoms with Gasteiger partial charge in [-0.3, -0.25) is 0 Å². The fraction of sp³-hybridized carbons (Fsp3) is 0.471. The standard InChI is InChI=1S/C17H21N3S/c1-2-4-13(5-3-1)16-12-18-17(21-16)19-14-8-10-20(11-9-14)15-6-7-15/h1-5,12,14-15H,6-11H2,(H,18,19). The van der Waals surface area contributed by atoms with Crippen molar-refractivity contribution in [3.05, 3.63) is 36.5 Å². The molecule has 0 radical (unpaired) electrons. The molecule has 1 N–H and O–H groups in total. The third-order valence-corrected chi connectivity index (χ3v) is 5.46. The number of rotatable bonds is 4. The summed E-state index contributed by atoms with van der Waals surface area (Å²) in [5, 5.41) is 4.70. The molecule has 2 aliphatic rings. The Kier molecular flexibility index (Phi) is 3.65. The van der Waals surface area contributed by atoms with Crippen LogP contribution in [0.4, 0.5) is 5.13 Å². The second-order valence-electron chi connectivity index (χ2n) is 6.08. The summed E-state index contributed by atoms with van der Waals surface area (Å²) in [6.07, 6.45) is 7.32. The molecular formula is C17H21N3S. The van der Waals surface area contributed by atoms with Crippen molar-refractivity contribution in [2.45, 2.75) is 37.8 Å². The minimum Gasteiger partial charge on any atom is -0.359 e. The van der Waals surface area contributed by atoms with Crippen LogP contribution in [0.2, 0.25) is 0 Å². The number of anilines is 1. The van der Waals surface area contributed by atoms with Crippen LogP contribution in [0.15, 0.2) is 36.5 Å². The summed E-state index contributed by atoms with van der Waals surface area (Å²) in [7, 11) is 0. The van der Waals surface area contributed by atoms with Crippen molar-refractivity contribution >= 4 is 16.5 Å². The van der Waals surface area contributed by atoms with E-state index in [1.54, 1.807) is 11.3 Å². The van der Waals surface area contributed by atoms with E-state index in [9.17, 15) is 0 Å². The summed E-state index contributed by atoms with van der Waals surface area (Å²) in [5.41, 5.74) is 1.26. The number of hydrogen-bond donors (Lipinski definition) is 1. The van der Waals surface area contributed by atoms with Crippen molar-refractivity contribution in [1.29, 1.82) is 0 Å². The number of aromatic nitrogens is 1. The smallest absolute Gasteiger partial charge is 0.183 e. The summed E-state index contributed by atoms with van der Waals surface area (Å²) in [6, 6.07) is 12.0. The van der Waals surface area contributed by atoms with E-state index >= 15 is 0 Å². The van der Waals surface area contributed by atoms with Gasteiger partial charge in [0.15, 0.2) is 5.13 Å². The van der Waals surface area contributed by atoms with Crippen molar-refractivity contribution in [2.24, 2.45) is 0 Å². The predicted octanol–water partition coefficient (Wildman–Crippen LogP) is 3.85. The number of nitrogens with zero attached hydrogens (tertiary/aromatic N) is 2. The van der Waals surface area contributed by atoms with Crippen LogP contribution in [0.1, 0.15) is 25.7 Å². The normalized spacial score (nSPS) is 20.6. The monoisotopic (exact) mass is 299 g/mol. The van der Waals surface area contributed by atoms with Crippen molar-refractivity contribution in [1.82, 2.24) is 9.88 Å². The first-order valence-electron chi connectivity index (χ1n) is 7.90. The number of thiazole rings is 1. The summed E-state index contributed by atoms with van der Waals surface area (Å²) < 4.78 is 0. The molecule has 4 heteroatoms. The Hall–Kier alpha value is -1.39. The molecule has 0 bridgehead atoms. The lowest BCUT2D eigenvalue weighted by Crippen LogP contribution is -2.40. The van der Waals surface area contributed by atoms with Crippen molar-refractivity contribution in [3.63, 3.8) is 0 Å². The first-order chi connectivity index (χ1) is 10.4. The second kappa shape index (κ2) is 5.78. The van der Waals surface area contributed by atoms with Crippen LogP contribution in [0.25, 0.3) is 10.4 Å². The minimum absolute atomic E-state index is 0.592. The maximum absolute atomic E-state index is 4.55. The number of hydrogen-bond acceptors (Lipinski definition) is 4. The topological polar surface area (TPSA) is 28.2 Å². The Morgan fingerprint density at radius 3 is 2.52 bits per heavy atom. The van der Waals surface area contributed by atoms with E-state index in [1.165, 1.54) is 49.2 Å². The third kappa shape index (κ3) is 3.11. The first kappa shape index (κ1) is 13.3. The van der Waals surface area contributed by atoms with E-state index < -0.39 is 0 Å². The van der Waals surface area contributed by atoms with Gasteiger partial charge in [-0.1, -0.05) is 41.7 Å². The van der Waals surface area contributed by atoms with Crippen LogP contribution in [-0.2, 0) is 0 Å². The van der Waals surface area contributed by atoms with Crippen molar-refractivity contribution in [3.8, 4) is 10.4 Å². The largest absolute Gasteiger partial charge is 0.359 e. The molecule has 1 aliphatic carbocycles. The van der Waals surface area contributed by atoms with Gasteiger partial charge < -0.3 is 10.2 Å². The lowest BCUT2D eigenvalue weighted by atomic mass is 10.1. The van der Waals surface area contributed by atoms with Crippen LogP contribution in [0.3, 0.4) is 0 Å². The maximum atomic E-state index is 4.55. The number of piperidine rings is 1. The highest BCUT2D eigenvalue weighted by Crippen LogP contribution is 2.32. The lowest BCUT2D eigenvalue weighted by Gasteiger charge is -2.32. The van der Waals surface area contributed by atoms with Crippen LogP contribution in [0, 0.1) is 0 Å². The molecule has 3 nitrogen and oxygen atoms in total. The molecule has 1 aromatic carbocycles. The van der Waals surface area contributed by atoms with Gasteiger partial charge in [0.25, 0.3) is 0 Å². The van der Waals surface area contributed by atoms with Crippen LogP contribution in [-0.4, -0.2) is 35.1 Å². The fourth-order valence-electron chi connectivity index (χ4n) is 3.10. The van der Waals surface area contributed by atoms with E-state index in [2.05, 4.69) is 45.5 Å². The van der Waals surface area contributed by atoms with Gasteiger partial charge in [-0.15, -0.1) is 0 Å². The summed E-state index contributed by atoms with van der Waals surface area (Å²) in [6.45, 7) is 2.50. The van der Waals surface area contributed by atoms with E-state index in [0.717, 1.165) is 11.2 Å². The molecule has 0 atom stereocenters. The van der Waals surface area contributed by atoms with Gasteiger partial charge in [-0.05, 0) is 31.2 Å². The lowest BCUT2D eigenvalue weighted by molar-refractivity contribution is 0.210. The highest BCUT2D eigenvalue weighted by molar-refractivity contribution is 7.18. The van der Waals surface area contributed by atoms with E-state index in [-0.39, 0.29) is 0 Å². The van der Waals surface area contributed by atoms with Crippen LogP contribution < -0.4 is 5.32 Å². The molecule has 0 amide bonds. The zero-order valence-corrected chi connectivity index (χ0v) is 13.0. The zero-order valence-electron chi connectivity index (χ0n) is 12.2. The SMILES string of the molecule is c1ccc(-c2cnc(NC3CCN(C4CC4)CC3)s2)cc1. The second-order valence-corrected chi connectivity index (χ2v) is 7.11. The van der Waals surface area contributed by atoms with Gasteiger partial charge >= 0.3 is 0 Å². The van der Waals surface area contributed by atoms with E-state index in [1.807, 2.05) is 6.20 Å². The van der Waals surface area contributed by atoms with E-state index in [0.29, 0.717) is 6.04 Å². The summed E-state index contributed by atoms with van der Waals surface area (Å²) in [5.74, 6) is 0. The molecule has 2 heterocycles. The van der Waals surface area contributed by atoms with Crippen molar-refractivity contribution < 1.29 is 0 Å². The average Bonchev–Trinajstić information content (AvgIpc) is 3.29. The van der Waals surface area contributed by atoms with Gasteiger partial charge in [0, 0.05) is 31.4 Å². The van der Waals surface area contributed by atoms with Gasteiger partial charge in [0.2, 0.25) is 0 Å². The van der Waals surface area contributed by atoms with E-state index in [4.69, 9.17) is 0 Å². The predicted molar refractivity (Wildman–Crippen MR) is 88.8 cm³/mol. The molecule has 2 aromatic rings. The third-order valence-electron chi connectivity index (χ3n) is 4.48. The molecule has 4 rings (SSSR count). The molecule has 1 aromatic heterocycles. The Morgan fingerprint density at radius 2 is 1.81 bits per heavy atom. The maximum Gasteiger partial charge on any atom is 0.183 e. The number of nitrogens with one attached hydrogen (secondary N) is 1. The Balaban J connectivity index is 1.36. The Bertz CT molecular complexity index is 583. The molecule has 1 saturated heterocycles. The number of likely N-dealkylation sites (tertiary alicyclic amines) is 1. The average molecular weight is 299 g/mol. The Labute approximate surface area is 130 Å². The fourth-order valence-corrected chi connectivity index (χ4v) is 4.00. The quantitative estimate of drug-likeness (QED) is 0.929. The molecular weight excluding hydrogens is 278 g/mol. The Morgan fingerprint density at radius 1 is 1.05 bits per heavy atom. The zero-order chi connectivity index (χ0) is 14.1. The van der Waals surface area contributed by atoms with Crippen LogP contribution >= 0.6 is 11.3 Å². The molecule has 1 aliphatic heterocycles. The molecule has 0 spiro atoms. The molecule has 1 saturated carbocycles. The van der Waals surface area contributed by atoms with Gasteiger partial charge in [0.05, 0.1) is 4.88 Å². The number of benzene rings is 1. The van der Waals surface area contributed by atoms with Gasteiger partial charge in [-0.2, -0.15) is 0 Å². The summed E-state index contributed by atoms with van der Waals surface area (Å²) in [4.78, 5) is 8.45. The minimum atomic E-state index is 0.592. The molecule has 110 valence electrons. The highest BCUT2D eigenvalue weighted by atomic mass is 32.1. The highest BCUT2D eigenvalue weighted by Gasteiger charge is 2.31. The van der Waals surface area contributed by atoms with Gasteiger partial charge in [0.1, 0.15) is 0 Å². The van der Waals surface area contributed by atoms with Crippen LogP contribution in [0.5, 0.6) is 0 Å². The first-order valence-corrected chi connectivity index (χ1v) is 8.72. The van der Waals surface area contributed by atoms with Crippen molar-refractivity contribution in [2.75, 3.05) is 18.4 Å². The molecule has 2 fully saturated rings. The van der Waals surface area contributed by atoms with Gasteiger partial charge in [-0.25, -0.2) is 4.98 Å².